The van der Waals surface area contributed by atoms with Gasteiger partial charge < -0.3 is 25.0 Å². The van der Waals surface area contributed by atoms with E-state index >= 15 is 0 Å². The van der Waals surface area contributed by atoms with Crippen LogP contribution < -0.4 is 20.1 Å². The van der Waals surface area contributed by atoms with Gasteiger partial charge >= 0.3 is 0 Å². The summed E-state index contributed by atoms with van der Waals surface area (Å²) in [5.41, 5.74) is 0.906. The van der Waals surface area contributed by atoms with Crippen LogP contribution in [0.25, 0.3) is 0 Å². The van der Waals surface area contributed by atoms with E-state index in [1.165, 1.54) is 4.90 Å². The minimum atomic E-state index is -0.0189. The Balaban J connectivity index is 2.83. The Morgan fingerprint density at radius 3 is 2.52 bits per heavy atom. The van der Waals surface area contributed by atoms with Gasteiger partial charge in [-0.15, -0.1) is 0 Å². The summed E-state index contributed by atoms with van der Waals surface area (Å²) in [5.74, 6) is 1.89. The van der Waals surface area contributed by atoms with E-state index in [2.05, 4.69) is 15.6 Å². The molecule has 1 rings (SSSR count). The zero-order valence-corrected chi connectivity index (χ0v) is 14.5. The second kappa shape index (κ2) is 9.55. The lowest BCUT2D eigenvalue weighted by Crippen LogP contribution is -2.42. The number of likely N-dealkylation sites (N-methyl/N-ethyl adjacent to an activating group) is 1. The molecule has 0 spiro atoms. The van der Waals surface area contributed by atoms with E-state index in [0.717, 1.165) is 5.56 Å². The summed E-state index contributed by atoms with van der Waals surface area (Å²) in [4.78, 5) is 17.7. The average Bonchev–Trinajstić information content (AvgIpc) is 2.56. The number of para-hydroxylation sites is 1. The minimum Gasteiger partial charge on any atom is -0.493 e. The van der Waals surface area contributed by atoms with E-state index < -0.39 is 0 Å². The molecule has 0 radical (unpaired) electrons. The first kappa shape index (κ1) is 18.6. The van der Waals surface area contributed by atoms with Gasteiger partial charge in [-0.3, -0.25) is 4.79 Å². The molecule has 23 heavy (non-hydrogen) atoms. The summed E-state index contributed by atoms with van der Waals surface area (Å²) in [6.45, 7) is 3.27. The molecule has 0 aliphatic heterocycles. The highest BCUT2D eigenvalue weighted by Gasteiger charge is 2.10. The maximum absolute atomic E-state index is 11.7. The molecule has 0 bridgehead atoms. The third-order valence-corrected chi connectivity index (χ3v) is 3.14. The van der Waals surface area contributed by atoms with Gasteiger partial charge in [0.2, 0.25) is 5.91 Å². The summed E-state index contributed by atoms with van der Waals surface area (Å²) >= 11 is 0. The smallest absolute Gasteiger partial charge is 0.241 e. The predicted molar refractivity (Wildman–Crippen MR) is 91.1 cm³/mol. The van der Waals surface area contributed by atoms with Crippen LogP contribution in [0.4, 0.5) is 0 Å². The lowest BCUT2D eigenvalue weighted by atomic mass is 10.2. The number of aliphatic imine (C=N–C) groups is 1. The van der Waals surface area contributed by atoms with Crippen molar-refractivity contribution in [3.63, 3.8) is 0 Å². The highest BCUT2D eigenvalue weighted by Crippen LogP contribution is 2.30. The van der Waals surface area contributed by atoms with Crippen LogP contribution in [0.2, 0.25) is 0 Å². The summed E-state index contributed by atoms with van der Waals surface area (Å²) < 4.78 is 10.7. The fraction of sp³-hybridized carbons (Fsp3) is 0.500. The van der Waals surface area contributed by atoms with Gasteiger partial charge in [0, 0.05) is 26.2 Å². The third kappa shape index (κ3) is 5.69. The quantitative estimate of drug-likeness (QED) is 0.575. The Kier molecular flexibility index (Phi) is 7.73. The SMILES string of the molecule is CCNC(=NCc1cccc(OC)c1OC)NCC(=O)N(C)C. The van der Waals surface area contributed by atoms with Crippen molar-refractivity contribution in [2.24, 2.45) is 4.99 Å². The standard InChI is InChI=1S/C16H26N4O3/c1-6-17-16(19-11-14(21)20(2)3)18-10-12-8-7-9-13(22-4)15(12)23-5/h7-9H,6,10-11H2,1-5H3,(H2,17,18,19). The monoisotopic (exact) mass is 322 g/mol. The van der Waals surface area contributed by atoms with Crippen molar-refractivity contribution in [3.05, 3.63) is 23.8 Å². The molecule has 1 amide bonds. The molecule has 0 saturated heterocycles. The number of carbonyl (C=O) groups is 1. The number of hydrogen-bond donors (Lipinski definition) is 2. The third-order valence-electron chi connectivity index (χ3n) is 3.14. The molecule has 0 heterocycles. The number of methoxy groups -OCH3 is 2. The fourth-order valence-electron chi connectivity index (χ4n) is 1.90. The average molecular weight is 322 g/mol. The van der Waals surface area contributed by atoms with Gasteiger partial charge in [0.25, 0.3) is 0 Å². The van der Waals surface area contributed by atoms with Crippen LogP contribution in [0, 0.1) is 0 Å². The van der Waals surface area contributed by atoms with Crippen molar-refractivity contribution in [2.45, 2.75) is 13.5 Å². The first-order valence-corrected chi connectivity index (χ1v) is 7.45. The highest BCUT2D eigenvalue weighted by molar-refractivity contribution is 5.86. The molecular formula is C16H26N4O3. The van der Waals surface area contributed by atoms with E-state index in [1.807, 2.05) is 25.1 Å². The van der Waals surface area contributed by atoms with Crippen molar-refractivity contribution in [2.75, 3.05) is 41.4 Å². The van der Waals surface area contributed by atoms with Crippen LogP contribution in [0.1, 0.15) is 12.5 Å². The fourth-order valence-corrected chi connectivity index (χ4v) is 1.90. The highest BCUT2D eigenvalue weighted by atomic mass is 16.5. The maximum atomic E-state index is 11.7. The second-order valence-corrected chi connectivity index (χ2v) is 4.99. The van der Waals surface area contributed by atoms with E-state index in [4.69, 9.17) is 9.47 Å². The number of nitrogens with zero attached hydrogens (tertiary/aromatic N) is 2. The van der Waals surface area contributed by atoms with E-state index in [0.29, 0.717) is 30.5 Å². The molecule has 0 aliphatic carbocycles. The van der Waals surface area contributed by atoms with Crippen LogP contribution in [0.15, 0.2) is 23.2 Å². The molecule has 2 N–H and O–H groups in total. The number of rotatable bonds is 7. The summed E-state index contributed by atoms with van der Waals surface area (Å²) in [6.07, 6.45) is 0. The Morgan fingerprint density at radius 1 is 1.22 bits per heavy atom. The van der Waals surface area contributed by atoms with Gasteiger partial charge in [-0.05, 0) is 13.0 Å². The van der Waals surface area contributed by atoms with Crippen molar-refractivity contribution in [3.8, 4) is 11.5 Å². The van der Waals surface area contributed by atoms with Crippen molar-refractivity contribution < 1.29 is 14.3 Å². The molecule has 7 heteroatoms. The van der Waals surface area contributed by atoms with Gasteiger partial charge in [0.1, 0.15) is 0 Å². The van der Waals surface area contributed by atoms with E-state index in [1.54, 1.807) is 28.3 Å². The maximum Gasteiger partial charge on any atom is 0.241 e. The van der Waals surface area contributed by atoms with Crippen molar-refractivity contribution >= 4 is 11.9 Å². The molecule has 1 aromatic carbocycles. The van der Waals surface area contributed by atoms with Gasteiger partial charge in [-0.25, -0.2) is 4.99 Å². The number of nitrogens with one attached hydrogen (secondary N) is 2. The Bertz CT molecular complexity index is 544. The number of ether oxygens (including phenoxy) is 2. The van der Waals surface area contributed by atoms with Crippen LogP contribution in [-0.2, 0) is 11.3 Å². The molecule has 0 atom stereocenters. The number of hydrogen-bond acceptors (Lipinski definition) is 4. The summed E-state index contributed by atoms with van der Waals surface area (Å²) in [6, 6.07) is 5.66. The normalized spacial score (nSPS) is 10.9. The van der Waals surface area contributed by atoms with Gasteiger partial charge in [-0.1, -0.05) is 12.1 Å². The summed E-state index contributed by atoms with van der Waals surface area (Å²) in [7, 11) is 6.64. The van der Waals surface area contributed by atoms with Gasteiger partial charge in [-0.2, -0.15) is 0 Å². The number of benzene rings is 1. The number of amides is 1. The Labute approximate surface area is 137 Å². The number of carbonyl (C=O) groups excluding carboxylic acids is 1. The van der Waals surface area contributed by atoms with Crippen LogP contribution in [0.3, 0.4) is 0 Å². The molecule has 128 valence electrons. The lowest BCUT2D eigenvalue weighted by molar-refractivity contribution is -0.127. The van der Waals surface area contributed by atoms with Gasteiger partial charge in [0.15, 0.2) is 17.5 Å². The molecule has 0 aliphatic rings. The Morgan fingerprint density at radius 2 is 1.96 bits per heavy atom. The van der Waals surface area contributed by atoms with Crippen molar-refractivity contribution in [1.29, 1.82) is 0 Å². The van der Waals surface area contributed by atoms with E-state index in [9.17, 15) is 4.79 Å². The molecule has 0 unspecified atom stereocenters. The molecule has 0 saturated carbocycles. The summed E-state index contributed by atoms with van der Waals surface area (Å²) in [5, 5.41) is 6.12. The zero-order chi connectivity index (χ0) is 17.2. The topological polar surface area (TPSA) is 75.2 Å². The molecule has 1 aromatic rings. The van der Waals surface area contributed by atoms with Gasteiger partial charge in [0.05, 0.1) is 27.3 Å². The van der Waals surface area contributed by atoms with Crippen LogP contribution >= 0.6 is 0 Å². The van der Waals surface area contributed by atoms with E-state index in [-0.39, 0.29) is 12.5 Å². The first-order valence-electron chi connectivity index (χ1n) is 7.45. The lowest BCUT2D eigenvalue weighted by Gasteiger charge is -2.15. The zero-order valence-electron chi connectivity index (χ0n) is 14.5. The number of guanidine groups is 1. The molecule has 7 nitrogen and oxygen atoms in total. The molecular weight excluding hydrogens is 296 g/mol. The minimum absolute atomic E-state index is 0.0189. The Hall–Kier alpha value is -2.44. The molecule has 0 aromatic heterocycles. The van der Waals surface area contributed by atoms with Crippen molar-refractivity contribution in [1.82, 2.24) is 15.5 Å². The predicted octanol–water partition coefficient (Wildman–Crippen LogP) is 0.847. The largest absolute Gasteiger partial charge is 0.493 e. The van der Waals surface area contributed by atoms with Crippen LogP contribution in [0.5, 0.6) is 11.5 Å². The van der Waals surface area contributed by atoms with Crippen LogP contribution in [-0.4, -0.2) is 58.2 Å². The first-order chi connectivity index (χ1) is 11.0. The second-order valence-electron chi connectivity index (χ2n) is 4.99. The molecule has 0 fully saturated rings.